The summed E-state index contributed by atoms with van der Waals surface area (Å²) in [7, 11) is 4.33. The average Bonchev–Trinajstić information content (AvgIpc) is 2.76. The Labute approximate surface area is 107 Å². The van der Waals surface area contributed by atoms with Gasteiger partial charge in [0.15, 0.2) is 0 Å². The van der Waals surface area contributed by atoms with Crippen molar-refractivity contribution in [3.8, 4) is 0 Å². The first-order valence-corrected chi connectivity index (χ1v) is 7.51. The summed E-state index contributed by atoms with van der Waals surface area (Å²) < 4.78 is 0. The molecule has 2 aliphatic rings. The van der Waals surface area contributed by atoms with Gasteiger partial charge in [0.1, 0.15) is 0 Å². The third kappa shape index (κ3) is 3.45. The molecule has 0 aliphatic heterocycles. The number of nitrogens with zero attached hydrogens (tertiary/aromatic N) is 1. The van der Waals surface area contributed by atoms with E-state index in [-0.39, 0.29) is 0 Å². The van der Waals surface area contributed by atoms with Crippen molar-refractivity contribution in [1.82, 2.24) is 10.2 Å². The Morgan fingerprint density at radius 1 is 1.12 bits per heavy atom. The van der Waals surface area contributed by atoms with Crippen LogP contribution in [0.3, 0.4) is 0 Å². The molecule has 1 unspecified atom stereocenters. The van der Waals surface area contributed by atoms with Gasteiger partial charge in [0.05, 0.1) is 0 Å². The second-order valence-electron chi connectivity index (χ2n) is 6.70. The van der Waals surface area contributed by atoms with Crippen LogP contribution in [0.15, 0.2) is 0 Å². The fraction of sp³-hybridized carbons (Fsp3) is 1.00. The molecular formula is C15H30N2. The van der Waals surface area contributed by atoms with Gasteiger partial charge in [0.25, 0.3) is 0 Å². The SMILES string of the molecule is CC(CNC1CCC2(CCCC2)CC1)N(C)C. The first-order chi connectivity index (χ1) is 8.11. The molecule has 0 aromatic rings. The second-order valence-corrected chi connectivity index (χ2v) is 6.70. The lowest BCUT2D eigenvalue weighted by Crippen LogP contribution is -2.43. The van der Waals surface area contributed by atoms with E-state index in [2.05, 4.69) is 31.2 Å². The molecule has 2 nitrogen and oxygen atoms in total. The molecule has 1 spiro atoms. The smallest absolute Gasteiger partial charge is 0.0186 e. The van der Waals surface area contributed by atoms with Gasteiger partial charge in [-0.3, -0.25) is 0 Å². The molecule has 0 aromatic carbocycles. The minimum absolute atomic E-state index is 0.650. The van der Waals surface area contributed by atoms with Gasteiger partial charge >= 0.3 is 0 Å². The molecule has 0 amide bonds. The van der Waals surface area contributed by atoms with Crippen molar-refractivity contribution in [3.05, 3.63) is 0 Å². The van der Waals surface area contributed by atoms with E-state index >= 15 is 0 Å². The lowest BCUT2D eigenvalue weighted by molar-refractivity contribution is 0.163. The maximum Gasteiger partial charge on any atom is 0.0186 e. The predicted octanol–water partition coefficient (Wildman–Crippen LogP) is 3.03. The van der Waals surface area contributed by atoms with Crippen LogP contribution in [0.2, 0.25) is 0 Å². The minimum atomic E-state index is 0.650. The van der Waals surface area contributed by atoms with Gasteiger partial charge in [-0.05, 0) is 65.0 Å². The first kappa shape index (κ1) is 13.4. The van der Waals surface area contributed by atoms with Crippen molar-refractivity contribution >= 4 is 0 Å². The largest absolute Gasteiger partial charge is 0.312 e. The predicted molar refractivity (Wildman–Crippen MR) is 74.3 cm³/mol. The number of likely N-dealkylation sites (N-methyl/N-ethyl adjacent to an activating group) is 1. The highest BCUT2D eigenvalue weighted by molar-refractivity contribution is 4.91. The Morgan fingerprint density at radius 3 is 2.24 bits per heavy atom. The lowest BCUT2D eigenvalue weighted by Gasteiger charge is -2.38. The van der Waals surface area contributed by atoms with Crippen LogP contribution in [-0.2, 0) is 0 Å². The maximum absolute atomic E-state index is 3.77. The van der Waals surface area contributed by atoms with Crippen LogP contribution >= 0.6 is 0 Å². The van der Waals surface area contributed by atoms with E-state index < -0.39 is 0 Å². The third-order valence-electron chi connectivity index (χ3n) is 5.29. The van der Waals surface area contributed by atoms with Crippen LogP contribution in [0.1, 0.15) is 58.3 Å². The molecule has 2 saturated carbocycles. The van der Waals surface area contributed by atoms with Crippen LogP contribution in [0.25, 0.3) is 0 Å². The number of hydrogen-bond donors (Lipinski definition) is 1. The highest BCUT2D eigenvalue weighted by Crippen LogP contribution is 2.48. The Balaban J connectivity index is 1.68. The molecule has 0 aromatic heterocycles. The molecular weight excluding hydrogens is 208 g/mol. The molecule has 2 heteroatoms. The van der Waals surface area contributed by atoms with Crippen molar-refractivity contribution in [3.63, 3.8) is 0 Å². The van der Waals surface area contributed by atoms with Gasteiger partial charge in [-0.15, -0.1) is 0 Å². The summed E-state index contributed by atoms with van der Waals surface area (Å²) in [6, 6.07) is 1.45. The normalized spacial score (nSPS) is 26.8. The van der Waals surface area contributed by atoms with Gasteiger partial charge in [-0.25, -0.2) is 0 Å². The minimum Gasteiger partial charge on any atom is -0.312 e. The first-order valence-electron chi connectivity index (χ1n) is 7.51. The summed E-state index contributed by atoms with van der Waals surface area (Å²) in [5, 5.41) is 3.77. The van der Waals surface area contributed by atoms with Crippen molar-refractivity contribution in [2.75, 3.05) is 20.6 Å². The van der Waals surface area contributed by atoms with E-state index in [9.17, 15) is 0 Å². The molecule has 100 valence electrons. The zero-order chi connectivity index (χ0) is 12.3. The Hall–Kier alpha value is -0.0800. The van der Waals surface area contributed by atoms with E-state index in [1.54, 1.807) is 0 Å². The molecule has 17 heavy (non-hydrogen) atoms. The fourth-order valence-electron chi connectivity index (χ4n) is 3.58. The van der Waals surface area contributed by atoms with Gasteiger partial charge in [0.2, 0.25) is 0 Å². The summed E-state index contributed by atoms with van der Waals surface area (Å²) in [6.45, 7) is 3.44. The summed E-state index contributed by atoms with van der Waals surface area (Å²) in [5.41, 5.74) is 0.783. The van der Waals surface area contributed by atoms with Crippen molar-refractivity contribution < 1.29 is 0 Å². The topological polar surface area (TPSA) is 15.3 Å². The number of nitrogens with one attached hydrogen (secondary N) is 1. The zero-order valence-electron chi connectivity index (χ0n) is 12.0. The summed E-state index contributed by atoms with van der Waals surface area (Å²) in [5.74, 6) is 0. The van der Waals surface area contributed by atoms with E-state index in [0.29, 0.717) is 6.04 Å². The third-order valence-corrected chi connectivity index (χ3v) is 5.29. The highest BCUT2D eigenvalue weighted by Gasteiger charge is 2.37. The van der Waals surface area contributed by atoms with Gasteiger partial charge in [0, 0.05) is 18.6 Å². The van der Waals surface area contributed by atoms with Gasteiger partial charge in [-0.1, -0.05) is 12.8 Å². The zero-order valence-corrected chi connectivity index (χ0v) is 12.0. The van der Waals surface area contributed by atoms with Crippen LogP contribution in [-0.4, -0.2) is 37.6 Å². The van der Waals surface area contributed by atoms with E-state index in [1.165, 1.54) is 51.4 Å². The standard InChI is InChI=1S/C15H30N2/c1-13(17(2)3)12-16-14-6-10-15(11-7-14)8-4-5-9-15/h13-14,16H,4-12H2,1-3H3. The monoisotopic (exact) mass is 238 g/mol. The lowest BCUT2D eigenvalue weighted by atomic mass is 9.71. The maximum atomic E-state index is 3.77. The van der Waals surface area contributed by atoms with Crippen LogP contribution in [0.5, 0.6) is 0 Å². The fourth-order valence-corrected chi connectivity index (χ4v) is 3.58. The molecule has 1 N–H and O–H groups in total. The molecule has 0 bridgehead atoms. The molecule has 0 saturated heterocycles. The molecule has 0 radical (unpaired) electrons. The van der Waals surface area contributed by atoms with E-state index in [0.717, 1.165) is 18.0 Å². The molecule has 2 fully saturated rings. The van der Waals surface area contributed by atoms with Crippen LogP contribution in [0.4, 0.5) is 0 Å². The molecule has 1 atom stereocenters. The van der Waals surface area contributed by atoms with E-state index in [4.69, 9.17) is 0 Å². The Morgan fingerprint density at radius 2 is 1.71 bits per heavy atom. The van der Waals surface area contributed by atoms with Crippen molar-refractivity contribution in [2.45, 2.75) is 70.4 Å². The average molecular weight is 238 g/mol. The molecule has 2 rings (SSSR count). The van der Waals surface area contributed by atoms with Crippen molar-refractivity contribution in [1.29, 1.82) is 0 Å². The molecule has 0 heterocycles. The van der Waals surface area contributed by atoms with Gasteiger partial charge in [-0.2, -0.15) is 0 Å². The summed E-state index contributed by atoms with van der Waals surface area (Å²) in [4.78, 5) is 2.30. The van der Waals surface area contributed by atoms with Gasteiger partial charge < -0.3 is 10.2 Å². The molecule has 2 aliphatic carbocycles. The van der Waals surface area contributed by atoms with Crippen LogP contribution in [0, 0.1) is 5.41 Å². The van der Waals surface area contributed by atoms with Crippen LogP contribution < -0.4 is 5.32 Å². The Bertz CT molecular complexity index is 218. The summed E-state index contributed by atoms with van der Waals surface area (Å²) >= 11 is 0. The number of rotatable bonds is 4. The Kier molecular flexibility index (Phi) is 4.48. The van der Waals surface area contributed by atoms with E-state index in [1.807, 2.05) is 0 Å². The highest BCUT2D eigenvalue weighted by atomic mass is 15.1. The number of hydrogen-bond acceptors (Lipinski definition) is 2. The second kappa shape index (κ2) is 5.71. The van der Waals surface area contributed by atoms with Crippen molar-refractivity contribution in [2.24, 2.45) is 5.41 Å². The quantitative estimate of drug-likeness (QED) is 0.810. The summed E-state index contributed by atoms with van der Waals surface area (Å²) in [6.07, 6.45) is 11.8.